The molecule has 0 aliphatic rings. The fourth-order valence-corrected chi connectivity index (χ4v) is 8.88. The van der Waals surface area contributed by atoms with Crippen molar-refractivity contribution >= 4 is 55.7 Å². The van der Waals surface area contributed by atoms with Gasteiger partial charge in [-0.05, 0) is 59.7 Å². The zero-order valence-corrected chi connectivity index (χ0v) is 30.9. The number of benzene rings is 7. The number of aromatic nitrogens is 2. The highest BCUT2D eigenvalue weighted by molar-refractivity contribution is 7.20. The molecule has 7 aromatic carbocycles. The van der Waals surface area contributed by atoms with Gasteiger partial charge in [-0.25, -0.2) is 9.97 Å². The van der Waals surface area contributed by atoms with Crippen LogP contribution in [0.1, 0.15) is 0 Å². The maximum absolute atomic E-state index is 5.36. The maximum Gasteiger partial charge on any atom is 0.195 e. The van der Waals surface area contributed by atoms with E-state index in [0.29, 0.717) is 0 Å². The first kappa shape index (κ1) is 33.3. The van der Waals surface area contributed by atoms with Gasteiger partial charge in [0.1, 0.15) is 0 Å². The van der Waals surface area contributed by atoms with Crippen molar-refractivity contribution in [1.29, 1.82) is 0 Å². The molecule has 0 spiro atoms. The first-order valence-electron chi connectivity index (χ1n) is 17.8. The van der Waals surface area contributed by atoms with Gasteiger partial charge in [0, 0.05) is 33.9 Å². The third kappa shape index (κ3) is 6.72. The number of anilines is 6. The summed E-state index contributed by atoms with van der Waals surface area (Å²) in [5, 5.41) is 1.79. The molecular weight excluding hydrogens is 697 g/mol. The lowest BCUT2D eigenvalue weighted by Crippen LogP contribution is -2.12. The van der Waals surface area contributed by atoms with Crippen LogP contribution in [0, 0.1) is 0 Å². The molecule has 0 N–H and O–H groups in total. The molecule has 0 bridgehead atoms. The van der Waals surface area contributed by atoms with Crippen LogP contribution in [0.2, 0.25) is 0 Å². The SMILES string of the molecule is c1ccc(-c2nc(N(c3ccccc3)c3ccc(N(c4ccccc4)c4nc(-c5ccccc5)c(-c5ccccc5)s4)cc3)sc2-c2ccccc2)cc1. The van der Waals surface area contributed by atoms with E-state index in [1.165, 1.54) is 0 Å². The van der Waals surface area contributed by atoms with Crippen LogP contribution in [-0.4, -0.2) is 9.97 Å². The van der Waals surface area contributed by atoms with E-state index in [-0.39, 0.29) is 0 Å². The Balaban J connectivity index is 1.17. The summed E-state index contributed by atoms with van der Waals surface area (Å²) in [4.78, 5) is 17.5. The summed E-state index contributed by atoms with van der Waals surface area (Å²) in [5.41, 5.74) is 10.5. The summed E-state index contributed by atoms with van der Waals surface area (Å²) in [7, 11) is 0. The smallest absolute Gasteiger partial charge is 0.195 e. The summed E-state index contributed by atoms with van der Waals surface area (Å²) in [6.45, 7) is 0. The van der Waals surface area contributed by atoms with Crippen LogP contribution in [0.4, 0.5) is 33.0 Å². The van der Waals surface area contributed by atoms with Gasteiger partial charge >= 0.3 is 0 Å². The van der Waals surface area contributed by atoms with Crippen LogP contribution in [0.5, 0.6) is 0 Å². The Morgan fingerprint density at radius 3 is 0.852 bits per heavy atom. The van der Waals surface area contributed by atoms with Gasteiger partial charge in [0.25, 0.3) is 0 Å². The van der Waals surface area contributed by atoms with Crippen molar-refractivity contribution in [3.05, 3.63) is 206 Å². The van der Waals surface area contributed by atoms with E-state index < -0.39 is 0 Å². The number of hydrogen-bond donors (Lipinski definition) is 0. The molecule has 54 heavy (non-hydrogen) atoms. The molecule has 4 nitrogen and oxygen atoms in total. The first-order valence-corrected chi connectivity index (χ1v) is 19.5. The van der Waals surface area contributed by atoms with E-state index in [2.05, 4.69) is 204 Å². The molecule has 9 aromatic rings. The topological polar surface area (TPSA) is 32.3 Å². The van der Waals surface area contributed by atoms with E-state index in [0.717, 1.165) is 76.4 Å². The average molecular weight is 731 g/mol. The lowest BCUT2D eigenvalue weighted by atomic mass is 10.1. The zero-order chi connectivity index (χ0) is 36.1. The Bertz CT molecular complexity index is 2280. The second-order valence-corrected chi connectivity index (χ2v) is 14.6. The van der Waals surface area contributed by atoms with Crippen LogP contribution >= 0.6 is 22.7 Å². The van der Waals surface area contributed by atoms with Gasteiger partial charge < -0.3 is 0 Å². The second-order valence-electron chi connectivity index (χ2n) is 12.7. The minimum absolute atomic E-state index is 0.895. The van der Waals surface area contributed by atoms with Gasteiger partial charge in [-0.2, -0.15) is 0 Å². The van der Waals surface area contributed by atoms with E-state index in [9.17, 15) is 0 Å². The van der Waals surface area contributed by atoms with Crippen molar-refractivity contribution in [2.45, 2.75) is 0 Å². The monoisotopic (exact) mass is 730 g/mol. The van der Waals surface area contributed by atoms with Gasteiger partial charge in [-0.3, -0.25) is 9.80 Å². The lowest BCUT2D eigenvalue weighted by Gasteiger charge is -2.25. The van der Waals surface area contributed by atoms with E-state index in [1.807, 2.05) is 12.1 Å². The van der Waals surface area contributed by atoms with E-state index >= 15 is 0 Å². The number of nitrogens with zero attached hydrogens (tertiary/aromatic N) is 4. The Labute approximate surface area is 323 Å². The molecule has 0 saturated carbocycles. The summed E-state index contributed by atoms with van der Waals surface area (Å²) >= 11 is 3.41. The van der Waals surface area contributed by atoms with Crippen LogP contribution in [0.15, 0.2) is 206 Å². The molecule has 9 rings (SSSR count). The number of hydrogen-bond acceptors (Lipinski definition) is 6. The van der Waals surface area contributed by atoms with Crippen LogP contribution in [0.25, 0.3) is 43.4 Å². The third-order valence-electron chi connectivity index (χ3n) is 9.18. The molecule has 0 saturated heterocycles. The fourth-order valence-electron chi connectivity index (χ4n) is 6.61. The first-order chi connectivity index (χ1) is 26.8. The van der Waals surface area contributed by atoms with Crippen molar-refractivity contribution in [2.24, 2.45) is 0 Å². The Kier molecular flexibility index (Phi) is 9.34. The summed E-state index contributed by atoms with van der Waals surface area (Å²) in [6, 6.07) is 71.8. The lowest BCUT2D eigenvalue weighted by molar-refractivity contribution is 1.21. The van der Waals surface area contributed by atoms with Crippen LogP contribution in [-0.2, 0) is 0 Å². The quantitative estimate of drug-likeness (QED) is 0.140. The predicted octanol–water partition coefficient (Wildman–Crippen LogP) is 14.2. The van der Waals surface area contributed by atoms with Crippen molar-refractivity contribution < 1.29 is 0 Å². The summed E-state index contributed by atoms with van der Waals surface area (Å²) < 4.78 is 0. The summed E-state index contributed by atoms with van der Waals surface area (Å²) in [5.74, 6) is 0. The van der Waals surface area contributed by atoms with Crippen molar-refractivity contribution in [2.75, 3.05) is 9.80 Å². The maximum atomic E-state index is 5.36. The van der Waals surface area contributed by atoms with Crippen molar-refractivity contribution in [3.63, 3.8) is 0 Å². The molecule has 0 radical (unpaired) electrons. The van der Waals surface area contributed by atoms with Gasteiger partial charge in [-0.15, -0.1) is 0 Å². The van der Waals surface area contributed by atoms with Gasteiger partial charge in [0.15, 0.2) is 10.3 Å². The molecular formula is C48H34N4S2. The van der Waals surface area contributed by atoms with Crippen LogP contribution < -0.4 is 9.80 Å². The minimum atomic E-state index is 0.895. The molecule has 2 heterocycles. The standard InChI is InChI=1S/C48H34N4S2/c1-7-19-35(20-8-1)43-45(37-23-11-3-12-24-37)53-47(49-43)51(39-27-15-5-16-28-39)41-31-33-42(34-32-41)52(40-29-17-6-18-30-40)48-50-44(36-21-9-2-10-22-36)46(54-48)38-25-13-4-14-26-38/h1-34H. The molecule has 0 aliphatic heterocycles. The fraction of sp³-hybridized carbons (Fsp3) is 0. The van der Waals surface area contributed by atoms with E-state index in [4.69, 9.17) is 9.97 Å². The van der Waals surface area contributed by atoms with Gasteiger partial charge in [-0.1, -0.05) is 180 Å². The Hall–Kier alpha value is -6.60. The van der Waals surface area contributed by atoms with Crippen molar-refractivity contribution in [3.8, 4) is 43.4 Å². The molecule has 0 fully saturated rings. The van der Waals surface area contributed by atoms with Gasteiger partial charge in [0.2, 0.25) is 0 Å². The molecule has 0 aliphatic carbocycles. The number of thiazole rings is 2. The minimum Gasteiger partial charge on any atom is -0.286 e. The normalized spacial score (nSPS) is 11.0. The third-order valence-corrected chi connectivity index (χ3v) is 11.4. The highest BCUT2D eigenvalue weighted by Crippen LogP contribution is 2.47. The molecule has 6 heteroatoms. The molecule has 0 amide bonds. The molecule has 2 aromatic heterocycles. The number of rotatable bonds is 10. The largest absolute Gasteiger partial charge is 0.286 e. The number of para-hydroxylation sites is 2. The second kappa shape index (κ2) is 15.2. The molecule has 0 atom stereocenters. The van der Waals surface area contributed by atoms with Gasteiger partial charge in [0.05, 0.1) is 21.1 Å². The highest BCUT2D eigenvalue weighted by Gasteiger charge is 2.24. The summed E-state index contributed by atoms with van der Waals surface area (Å²) in [6.07, 6.45) is 0. The van der Waals surface area contributed by atoms with E-state index in [1.54, 1.807) is 22.7 Å². The Morgan fingerprint density at radius 2 is 0.537 bits per heavy atom. The Morgan fingerprint density at radius 1 is 0.278 bits per heavy atom. The molecule has 258 valence electrons. The zero-order valence-electron chi connectivity index (χ0n) is 29.2. The predicted molar refractivity (Wildman–Crippen MR) is 229 cm³/mol. The molecule has 0 unspecified atom stereocenters. The van der Waals surface area contributed by atoms with Crippen molar-refractivity contribution in [1.82, 2.24) is 9.97 Å². The average Bonchev–Trinajstić information content (AvgIpc) is 3.90. The highest BCUT2D eigenvalue weighted by atomic mass is 32.1. The van der Waals surface area contributed by atoms with Crippen LogP contribution in [0.3, 0.4) is 0 Å².